The topological polar surface area (TPSA) is 46.9 Å². The number of rotatable bonds is 4. The van der Waals surface area contributed by atoms with Gasteiger partial charge in [0, 0.05) is 12.1 Å². The van der Waals surface area contributed by atoms with E-state index in [0.717, 1.165) is 0 Å². The zero-order valence-corrected chi connectivity index (χ0v) is 13.5. The Morgan fingerprint density at radius 1 is 1.43 bits per heavy atom. The zero-order chi connectivity index (χ0) is 15.7. The van der Waals surface area contributed by atoms with E-state index in [9.17, 15) is 9.18 Å². The minimum atomic E-state index is -0.547. The number of nitrogens with one attached hydrogen (secondary N) is 1. The Labute approximate surface area is 132 Å². The first-order chi connectivity index (χ1) is 9.85. The lowest BCUT2D eigenvalue weighted by molar-refractivity contribution is -0.124. The molecule has 114 valence electrons. The van der Waals surface area contributed by atoms with Crippen molar-refractivity contribution in [3.05, 3.63) is 28.8 Å². The molecule has 0 spiro atoms. The molecule has 1 amide bonds. The normalized spacial score (nSPS) is 12.9. The number of carbonyl (C=O) groups is 1. The fourth-order valence-corrected chi connectivity index (χ4v) is 2.54. The second kappa shape index (κ2) is 6.20. The summed E-state index contributed by atoms with van der Waals surface area (Å²) in [5, 5.41) is 2.82. The minimum absolute atomic E-state index is 0.0127. The first kappa shape index (κ1) is 16.0. The van der Waals surface area contributed by atoms with Crippen LogP contribution in [-0.2, 0) is 10.7 Å². The molecule has 0 aliphatic carbocycles. The number of hydrogen-bond donors (Lipinski definition) is 1. The van der Waals surface area contributed by atoms with E-state index in [1.165, 1.54) is 12.1 Å². The summed E-state index contributed by atoms with van der Waals surface area (Å²) in [7, 11) is 0. The highest BCUT2D eigenvalue weighted by Crippen LogP contribution is 2.27. The van der Waals surface area contributed by atoms with Crippen LogP contribution in [0.2, 0.25) is 5.02 Å². The van der Waals surface area contributed by atoms with Crippen molar-refractivity contribution in [3.63, 3.8) is 0 Å². The molecule has 0 radical (unpaired) electrons. The van der Waals surface area contributed by atoms with Crippen LogP contribution in [0.15, 0.2) is 12.1 Å². The molecular weight excluding hydrogens is 316 g/mol. The fourth-order valence-electron chi connectivity index (χ4n) is 2.19. The van der Waals surface area contributed by atoms with Gasteiger partial charge in [-0.3, -0.25) is 4.79 Å². The number of halogens is 3. The quantitative estimate of drug-likeness (QED) is 0.869. The first-order valence-corrected chi connectivity index (χ1v) is 7.48. The van der Waals surface area contributed by atoms with Gasteiger partial charge in [-0.1, -0.05) is 11.6 Å². The standard InChI is InChI=1S/C14H16Cl2FN3O/c1-7(2)18-14(21)8(3)20-12-4-9(16)10(17)5-11(12)19-13(20)6-15/h4-5,7-8H,6H2,1-3H3,(H,18,21). The van der Waals surface area contributed by atoms with Crippen molar-refractivity contribution in [3.8, 4) is 0 Å². The Kier molecular flexibility index (Phi) is 4.74. The Morgan fingerprint density at radius 2 is 2.10 bits per heavy atom. The van der Waals surface area contributed by atoms with E-state index in [1.54, 1.807) is 11.5 Å². The number of benzene rings is 1. The van der Waals surface area contributed by atoms with Gasteiger partial charge in [0.2, 0.25) is 5.91 Å². The maximum Gasteiger partial charge on any atom is 0.243 e. The first-order valence-electron chi connectivity index (χ1n) is 6.57. The minimum Gasteiger partial charge on any atom is -0.352 e. The van der Waals surface area contributed by atoms with Crippen LogP contribution >= 0.6 is 23.2 Å². The Balaban J connectivity index is 2.55. The highest BCUT2D eigenvalue weighted by molar-refractivity contribution is 6.31. The van der Waals surface area contributed by atoms with Crippen molar-refractivity contribution in [1.82, 2.24) is 14.9 Å². The smallest absolute Gasteiger partial charge is 0.243 e. The summed E-state index contributed by atoms with van der Waals surface area (Å²) in [6, 6.07) is 2.22. The van der Waals surface area contributed by atoms with Crippen LogP contribution in [0.5, 0.6) is 0 Å². The second-order valence-electron chi connectivity index (χ2n) is 5.13. The summed E-state index contributed by atoms with van der Waals surface area (Å²) in [5.41, 5.74) is 1.01. The molecule has 0 bridgehead atoms. The molecule has 1 aromatic heterocycles. The average molecular weight is 332 g/mol. The number of carbonyl (C=O) groups excluding carboxylic acids is 1. The molecule has 2 aromatic rings. The predicted molar refractivity (Wildman–Crippen MR) is 82.2 cm³/mol. The van der Waals surface area contributed by atoms with Crippen LogP contribution in [0, 0.1) is 5.82 Å². The summed E-state index contributed by atoms with van der Waals surface area (Å²) in [6.45, 7) is 5.50. The zero-order valence-electron chi connectivity index (χ0n) is 12.0. The van der Waals surface area contributed by atoms with Gasteiger partial charge in [-0.05, 0) is 26.8 Å². The second-order valence-corrected chi connectivity index (χ2v) is 5.80. The van der Waals surface area contributed by atoms with E-state index >= 15 is 0 Å². The monoisotopic (exact) mass is 331 g/mol. The van der Waals surface area contributed by atoms with Gasteiger partial charge in [-0.15, -0.1) is 11.6 Å². The lowest BCUT2D eigenvalue weighted by atomic mass is 10.2. The Morgan fingerprint density at radius 3 is 2.67 bits per heavy atom. The summed E-state index contributed by atoms with van der Waals surface area (Å²) < 4.78 is 15.2. The molecule has 0 saturated heterocycles. The molecule has 1 heterocycles. The van der Waals surface area contributed by atoms with E-state index < -0.39 is 11.9 Å². The molecule has 4 nitrogen and oxygen atoms in total. The van der Waals surface area contributed by atoms with Gasteiger partial charge in [0.1, 0.15) is 17.7 Å². The molecule has 2 rings (SSSR count). The van der Waals surface area contributed by atoms with Crippen LogP contribution in [0.25, 0.3) is 11.0 Å². The van der Waals surface area contributed by atoms with Crippen LogP contribution in [0.1, 0.15) is 32.6 Å². The molecule has 1 N–H and O–H groups in total. The summed E-state index contributed by atoms with van der Waals surface area (Å²) in [5.74, 6) is -0.0854. The summed E-state index contributed by atoms with van der Waals surface area (Å²) >= 11 is 11.7. The van der Waals surface area contributed by atoms with Crippen molar-refractivity contribution < 1.29 is 9.18 Å². The van der Waals surface area contributed by atoms with Gasteiger partial charge in [-0.2, -0.15) is 0 Å². The number of amides is 1. The number of alkyl halides is 1. The van der Waals surface area contributed by atoms with Crippen molar-refractivity contribution >= 4 is 40.1 Å². The molecule has 0 aliphatic rings. The molecule has 1 atom stereocenters. The van der Waals surface area contributed by atoms with Gasteiger partial charge in [0.05, 0.1) is 21.9 Å². The lowest BCUT2D eigenvalue weighted by Gasteiger charge is -2.18. The van der Waals surface area contributed by atoms with Crippen LogP contribution in [0.4, 0.5) is 4.39 Å². The van der Waals surface area contributed by atoms with E-state index in [0.29, 0.717) is 16.9 Å². The predicted octanol–water partition coefficient (Wildman–Crippen LogP) is 3.65. The van der Waals surface area contributed by atoms with Crippen LogP contribution < -0.4 is 5.32 Å². The Bertz CT molecular complexity index is 684. The van der Waals surface area contributed by atoms with Gasteiger partial charge in [0.15, 0.2) is 0 Å². The lowest BCUT2D eigenvalue weighted by Crippen LogP contribution is -2.36. The van der Waals surface area contributed by atoms with Crippen molar-refractivity contribution in [2.75, 3.05) is 0 Å². The largest absolute Gasteiger partial charge is 0.352 e. The Hall–Kier alpha value is -1.33. The van der Waals surface area contributed by atoms with E-state index in [4.69, 9.17) is 23.2 Å². The van der Waals surface area contributed by atoms with Crippen LogP contribution in [0.3, 0.4) is 0 Å². The van der Waals surface area contributed by atoms with E-state index in [2.05, 4.69) is 10.3 Å². The molecule has 0 aliphatic heterocycles. The molecule has 0 saturated carbocycles. The van der Waals surface area contributed by atoms with Gasteiger partial charge >= 0.3 is 0 Å². The fraction of sp³-hybridized carbons (Fsp3) is 0.429. The SMILES string of the molecule is CC(C)NC(=O)C(C)n1c(CCl)nc2cc(F)c(Cl)cc21. The number of hydrogen-bond acceptors (Lipinski definition) is 2. The van der Waals surface area contributed by atoms with Crippen LogP contribution in [-0.4, -0.2) is 21.5 Å². The number of aromatic nitrogens is 2. The molecule has 1 aromatic carbocycles. The van der Waals surface area contributed by atoms with E-state index in [1.807, 2.05) is 13.8 Å². The van der Waals surface area contributed by atoms with E-state index in [-0.39, 0.29) is 22.9 Å². The van der Waals surface area contributed by atoms with Crippen molar-refractivity contribution in [2.45, 2.75) is 38.7 Å². The third-order valence-corrected chi connectivity index (χ3v) is 3.65. The molecule has 7 heteroatoms. The highest BCUT2D eigenvalue weighted by atomic mass is 35.5. The highest BCUT2D eigenvalue weighted by Gasteiger charge is 2.22. The van der Waals surface area contributed by atoms with Crippen molar-refractivity contribution in [2.24, 2.45) is 0 Å². The summed E-state index contributed by atoms with van der Waals surface area (Å²) in [4.78, 5) is 16.5. The third kappa shape index (κ3) is 3.14. The molecule has 21 heavy (non-hydrogen) atoms. The van der Waals surface area contributed by atoms with Crippen molar-refractivity contribution in [1.29, 1.82) is 0 Å². The summed E-state index contributed by atoms with van der Waals surface area (Å²) in [6.07, 6.45) is 0. The van der Waals surface area contributed by atoms with Gasteiger partial charge in [-0.25, -0.2) is 9.37 Å². The maximum atomic E-state index is 13.5. The number of imidazole rings is 1. The average Bonchev–Trinajstić information content (AvgIpc) is 2.75. The van der Waals surface area contributed by atoms with Gasteiger partial charge in [0.25, 0.3) is 0 Å². The molecule has 1 unspecified atom stereocenters. The number of nitrogens with zero attached hydrogens (tertiary/aromatic N) is 2. The molecular formula is C14H16Cl2FN3O. The maximum absolute atomic E-state index is 13.5. The van der Waals surface area contributed by atoms with Gasteiger partial charge < -0.3 is 9.88 Å². The molecule has 0 fully saturated rings. The number of fused-ring (bicyclic) bond motifs is 1. The third-order valence-electron chi connectivity index (χ3n) is 3.12.